The minimum atomic E-state index is -1.55. The lowest BCUT2D eigenvalue weighted by molar-refractivity contribution is -0.233. The van der Waals surface area contributed by atoms with Gasteiger partial charge in [-0.1, -0.05) is 0 Å². The molecule has 0 saturated carbocycles. The van der Waals surface area contributed by atoms with Crippen molar-refractivity contribution >= 4 is 27.3 Å². The lowest BCUT2D eigenvalue weighted by atomic mass is 9.95. The van der Waals surface area contributed by atoms with Crippen LogP contribution in [0.2, 0.25) is 0 Å². The molecule has 1 fully saturated rings. The molecule has 3 aromatic heterocycles. The fraction of sp³-hybridized carbons (Fsp3) is 0.562. The first-order chi connectivity index (χ1) is 13.4. The highest BCUT2D eigenvalue weighted by molar-refractivity contribution is 7.19. The number of nitrogens with two attached hydrogens (primary N) is 1. The van der Waals surface area contributed by atoms with Gasteiger partial charge in [-0.05, 0) is 24.8 Å². The fourth-order valence-electron chi connectivity index (χ4n) is 4.12. The molecular formula is C16H19N5O6S. The zero-order valence-electron chi connectivity index (χ0n) is 14.6. The summed E-state index contributed by atoms with van der Waals surface area (Å²) in [6.07, 6.45) is -4.16. The van der Waals surface area contributed by atoms with E-state index in [2.05, 4.69) is 10.2 Å². The smallest absolute Gasteiger partial charge is 0.282 e. The van der Waals surface area contributed by atoms with Crippen LogP contribution in [0, 0.1) is 0 Å². The van der Waals surface area contributed by atoms with Gasteiger partial charge in [0.2, 0.25) is 0 Å². The average molecular weight is 409 g/mol. The van der Waals surface area contributed by atoms with Crippen molar-refractivity contribution in [3.05, 3.63) is 26.6 Å². The molecule has 11 nitrogen and oxygen atoms in total. The number of aromatic nitrogens is 4. The van der Waals surface area contributed by atoms with E-state index in [0.717, 1.165) is 34.4 Å². The molecule has 0 amide bonds. The minimum Gasteiger partial charge on any atom is -0.394 e. The third-order valence-electron chi connectivity index (χ3n) is 5.57. The Labute approximate surface area is 161 Å². The van der Waals surface area contributed by atoms with Crippen LogP contribution in [0.5, 0.6) is 0 Å². The van der Waals surface area contributed by atoms with Crippen LogP contribution >= 0.6 is 11.3 Å². The molecule has 5 atom stereocenters. The molecule has 3 aromatic rings. The predicted molar refractivity (Wildman–Crippen MR) is 97.5 cm³/mol. The maximum atomic E-state index is 12.8. The van der Waals surface area contributed by atoms with Crippen molar-refractivity contribution in [3.63, 3.8) is 0 Å². The van der Waals surface area contributed by atoms with Crippen LogP contribution in [0.1, 0.15) is 28.8 Å². The summed E-state index contributed by atoms with van der Waals surface area (Å²) in [4.78, 5) is 14.5. The van der Waals surface area contributed by atoms with Gasteiger partial charge in [-0.2, -0.15) is 4.68 Å². The van der Waals surface area contributed by atoms with Crippen molar-refractivity contribution in [2.24, 2.45) is 0 Å². The molecule has 1 aliphatic carbocycles. The summed E-state index contributed by atoms with van der Waals surface area (Å²) in [5.41, 5.74) is 0.606. The minimum absolute atomic E-state index is 0.0735. The Morgan fingerprint density at radius 1 is 1.18 bits per heavy atom. The van der Waals surface area contributed by atoms with Gasteiger partial charge in [0, 0.05) is 4.88 Å². The van der Waals surface area contributed by atoms with E-state index in [1.165, 1.54) is 11.3 Å². The summed E-state index contributed by atoms with van der Waals surface area (Å²) in [5, 5.41) is 48.6. The van der Waals surface area contributed by atoms with Crippen molar-refractivity contribution in [1.29, 1.82) is 0 Å². The summed E-state index contributed by atoms with van der Waals surface area (Å²) >= 11 is 1.45. The van der Waals surface area contributed by atoms with Crippen LogP contribution in [-0.4, -0.2) is 70.7 Å². The largest absolute Gasteiger partial charge is 0.394 e. The number of aliphatic hydroxyl groups excluding tert-OH is 4. The highest BCUT2D eigenvalue weighted by atomic mass is 32.1. The van der Waals surface area contributed by atoms with Gasteiger partial charge >= 0.3 is 0 Å². The van der Waals surface area contributed by atoms with Crippen LogP contribution in [0.25, 0.3) is 16.0 Å². The quantitative estimate of drug-likeness (QED) is 0.296. The van der Waals surface area contributed by atoms with Crippen LogP contribution in [0.4, 0.5) is 0 Å². The number of hydrogen-bond donors (Lipinski definition) is 5. The molecule has 1 unspecified atom stereocenters. The number of nitrogen functional groups attached to an aromatic ring is 1. The zero-order valence-corrected chi connectivity index (χ0v) is 15.4. The Kier molecular flexibility index (Phi) is 3.98. The third kappa shape index (κ3) is 2.24. The van der Waals surface area contributed by atoms with Gasteiger partial charge in [0.05, 0.1) is 12.0 Å². The van der Waals surface area contributed by atoms with Gasteiger partial charge in [-0.25, -0.2) is 0 Å². The summed E-state index contributed by atoms with van der Waals surface area (Å²) in [6.45, 7) is -0.553. The fourth-order valence-corrected chi connectivity index (χ4v) is 5.50. The van der Waals surface area contributed by atoms with Gasteiger partial charge in [0.1, 0.15) is 35.4 Å². The molecule has 0 radical (unpaired) electrons. The number of aliphatic hydroxyl groups is 4. The standard InChI is InChI=1S/C16H19N5O6S/c17-21-14(26)8-5-2-1-3-7(5)28-15(8)20-13(18-19-16(20)21)12-11(25)10(24)9(23)6(4-22)27-12/h6,9-12,22-25H,1-4,17H2/t6-,9+,10+,11-,12?/m1/s1. The first-order valence-electron chi connectivity index (χ1n) is 8.94. The predicted octanol–water partition coefficient (Wildman–Crippen LogP) is -2.18. The normalized spacial score (nSPS) is 30.4. The van der Waals surface area contributed by atoms with Crippen LogP contribution in [0.15, 0.2) is 4.79 Å². The second kappa shape index (κ2) is 6.20. The molecule has 1 aliphatic heterocycles. The lowest BCUT2D eigenvalue weighted by Crippen LogP contribution is -2.55. The van der Waals surface area contributed by atoms with E-state index in [9.17, 15) is 25.2 Å². The molecule has 5 rings (SSSR count). The van der Waals surface area contributed by atoms with Crippen molar-refractivity contribution in [1.82, 2.24) is 19.3 Å². The zero-order chi connectivity index (χ0) is 19.7. The van der Waals surface area contributed by atoms with Crippen molar-refractivity contribution in [3.8, 4) is 0 Å². The van der Waals surface area contributed by atoms with E-state index in [1.807, 2.05) is 0 Å². The lowest BCUT2D eigenvalue weighted by Gasteiger charge is -2.39. The third-order valence-corrected chi connectivity index (χ3v) is 6.85. The van der Waals surface area contributed by atoms with Gasteiger partial charge in [-0.3, -0.25) is 9.20 Å². The summed E-state index contributed by atoms with van der Waals surface area (Å²) < 4.78 is 8.08. The topological polar surface area (TPSA) is 168 Å². The van der Waals surface area contributed by atoms with Gasteiger partial charge in [0.25, 0.3) is 11.3 Å². The Balaban J connectivity index is 1.76. The molecular weight excluding hydrogens is 390 g/mol. The van der Waals surface area contributed by atoms with E-state index in [-0.39, 0.29) is 17.2 Å². The number of thiophene rings is 1. The molecule has 0 spiro atoms. The van der Waals surface area contributed by atoms with Gasteiger partial charge in [-0.15, -0.1) is 21.5 Å². The van der Waals surface area contributed by atoms with E-state index in [0.29, 0.717) is 10.2 Å². The average Bonchev–Trinajstić information content (AvgIpc) is 3.38. The molecule has 6 N–H and O–H groups in total. The number of aryl methyl sites for hydroxylation is 2. The SMILES string of the molecule is Nn1c(=O)c2c3c(sc2n2c(C4O[C@H](CO)[C@H](O)[C@H](O)[C@H]4O)nnc12)CCC3. The van der Waals surface area contributed by atoms with E-state index in [1.54, 1.807) is 4.40 Å². The summed E-state index contributed by atoms with van der Waals surface area (Å²) in [5.74, 6) is 6.18. The Bertz CT molecular complexity index is 1140. The first kappa shape index (κ1) is 18.0. The number of ether oxygens (including phenoxy) is 1. The van der Waals surface area contributed by atoms with E-state index < -0.39 is 37.1 Å². The molecule has 12 heteroatoms. The van der Waals surface area contributed by atoms with Crippen molar-refractivity contribution in [2.75, 3.05) is 12.4 Å². The summed E-state index contributed by atoms with van der Waals surface area (Å²) in [7, 11) is 0. The van der Waals surface area contributed by atoms with Crippen molar-refractivity contribution < 1.29 is 25.2 Å². The number of nitrogens with zero attached hydrogens (tertiary/aromatic N) is 4. The van der Waals surface area contributed by atoms with Crippen LogP contribution in [-0.2, 0) is 17.6 Å². The van der Waals surface area contributed by atoms with Crippen molar-refractivity contribution in [2.45, 2.75) is 49.8 Å². The Morgan fingerprint density at radius 3 is 2.71 bits per heavy atom. The maximum absolute atomic E-state index is 12.8. The van der Waals surface area contributed by atoms with Crippen LogP contribution in [0.3, 0.4) is 0 Å². The molecule has 2 aliphatic rings. The van der Waals surface area contributed by atoms with Gasteiger partial charge in [0.15, 0.2) is 5.82 Å². The van der Waals surface area contributed by atoms with Gasteiger partial charge < -0.3 is 31.0 Å². The molecule has 150 valence electrons. The summed E-state index contributed by atoms with van der Waals surface area (Å²) in [6, 6.07) is 0. The van der Waals surface area contributed by atoms with E-state index >= 15 is 0 Å². The second-order valence-corrected chi connectivity index (χ2v) is 8.24. The van der Waals surface area contributed by atoms with Crippen LogP contribution < -0.4 is 11.4 Å². The number of hydrogen-bond acceptors (Lipinski definition) is 10. The maximum Gasteiger partial charge on any atom is 0.282 e. The molecule has 28 heavy (non-hydrogen) atoms. The number of fused-ring (bicyclic) bond motifs is 5. The molecule has 0 aromatic carbocycles. The Hall–Kier alpha value is -2.09. The molecule has 0 bridgehead atoms. The number of rotatable bonds is 2. The Morgan fingerprint density at radius 2 is 1.96 bits per heavy atom. The highest BCUT2D eigenvalue weighted by Gasteiger charge is 2.46. The first-order valence-corrected chi connectivity index (χ1v) is 9.75. The second-order valence-electron chi connectivity index (χ2n) is 7.16. The monoisotopic (exact) mass is 409 g/mol. The molecule has 4 heterocycles. The highest BCUT2D eigenvalue weighted by Crippen LogP contribution is 2.38. The molecule has 1 saturated heterocycles. The van der Waals surface area contributed by atoms with E-state index in [4.69, 9.17) is 10.6 Å².